The van der Waals surface area contributed by atoms with Crippen LogP contribution in [0.5, 0.6) is 0 Å². The average molecular weight is 256 g/mol. The highest BCUT2D eigenvalue weighted by Gasteiger charge is 2.10. The number of carbonyl (C=O) groups is 1. The van der Waals surface area contributed by atoms with Crippen LogP contribution in [-0.4, -0.2) is 36.8 Å². The van der Waals surface area contributed by atoms with Crippen LogP contribution in [0, 0.1) is 0 Å². The highest BCUT2D eigenvalue weighted by Crippen LogP contribution is 2.27. The molecule has 84 valence electrons. The maximum absolute atomic E-state index is 10.4. The first-order valence-corrected chi connectivity index (χ1v) is 6.13. The molecule has 0 amide bonds. The van der Waals surface area contributed by atoms with Crippen LogP contribution in [0.2, 0.25) is 0 Å². The second kappa shape index (κ2) is 4.62. The van der Waals surface area contributed by atoms with Crippen molar-refractivity contribution in [1.82, 2.24) is 20.0 Å². The third-order valence-electron chi connectivity index (χ3n) is 1.66. The molecular weight excluding hydrogens is 248 g/mol. The van der Waals surface area contributed by atoms with E-state index in [1.54, 1.807) is 4.68 Å². The fraction of sp³-hybridized carbons (Fsp3) is 0.250. The van der Waals surface area contributed by atoms with Crippen LogP contribution in [-0.2, 0) is 11.8 Å². The van der Waals surface area contributed by atoms with Gasteiger partial charge in [-0.15, -0.1) is 10.2 Å². The number of carboxylic acids is 1. The zero-order chi connectivity index (χ0) is 11.5. The quantitative estimate of drug-likeness (QED) is 0.825. The van der Waals surface area contributed by atoms with Crippen LogP contribution in [0.3, 0.4) is 0 Å². The van der Waals surface area contributed by atoms with Gasteiger partial charge in [-0.25, -0.2) is 0 Å². The predicted octanol–water partition coefficient (Wildman–Crippen LogP) is 1.12. The Labute approximate surface area is 99.3 Å². The van der Waals surface area contributed by atoms with E-state index in [2.05, 4.69) is 15.3 Å². The fourth-order valence-electron chi connectivity index (χ4n) is 1.02. The monoisotopic (exact) mass is 256 g/mol. The molecule has 0 bridgehead atoms. The molecule has 2 aromatic heterocycles. The molecule has 2 rings (SSSR count). The topological polar surface area (TPSA) is 80.9 Å². The van der Waals surface area contributed by atoms with Crippen molar-refractivity contribution >= 4 is 29.1 Å². The maximum atomic E-state index is 10.4. The number of hydrogen-bond acceptors (Lipinski definition) is 6. The summed E-state index contributed by atoms with van der Waals surface area (Å²) in [6.07, 6.45) is 1.82. The molecule has 16 heavy (non-hydrogen) atoms. The van der Waals surface area contributed by atoms with Crippen molar-refractivity contribution in [2.24, 2.45) is 7.05 Å². The molecule has 0 unspecified atom stereocenters. The molecule has 0 aliphatic rings. The van der Waals surface area contributed by atoms with Crippen LogP contribution < -0.4 is 0 Å². The van der Waals surface area contributed by atoms with E-state index < -0.39 is 5.97 Å². The van der Waals surface area contributed by atoms with E-state index in [4.69, 9.17) is 5.11 Å². The molecular formula is C8H8N4O2S2. The zero-order valence-electron chi connectivity index (χ0n) is 8.32. The number of aryl methyl sites for hydroxylation is 1. The number of hydrogen-bond donors (Lipinski definition) is 1. The minimum Gasteiger partial charge on any atom is -0.481 e. The Hall–Kier alpha value is -1.41. The molecule has 0 aromatic carbocycles. The third-order valence-corrected chi connectivity index (χ3v) is 3.72. The van der Waals surface area contributed by atoms with E-state index in [0.29, 0.717) is 9.35 Å². The fourth-order valence-corrected chi connectivity index (χ4v) is 2.56. The molecule has 2 heterocycles. The van der Waals surface area contributed by atoms with Gasteiger partial charge in [0.2, 0.25) is 0 Å². The van der Waals surface area contributed by atoms with E-state index in [9.17, 15) is 4.79 Å². The van der Waals surface area contributed by atoms with Crippen LogP contribution in [0.25, 0.3) is 10.7 Å². The van der Waals surface area contributed by atoms with Crippen molar-refractivity contribution in [2.75, 3.05) is 5.75 Å². The Bertz CT molecular complexity index is 508. The molecule has 0 aliphatic heterocycles. The van der Waals surface area contributed by atoms with Crippen molar-refractivity contribution in [3.8, 4) is 10.7 Å². The number of carboxylic acid groups (broad SMARTS) is 1. The summed E-state index contributed by atoms with van der Waals surface area (Å²) in [5.74, 6) is -0.865. The van der Waals surface area contributed by atoms with E-state index in [0.717, 1.165) is 17.5 Å². The van der Waals surface area contributed by atoms with E-state index in [-0.39, 0.29) is 5.75 Å². The second-order valence-electron chi connectivity index (χ2n) is 2.93. The van der Waals surface area contributed by atoms with Gasteiger partial charge in [0, 0.05) is 13.2 Å². The van der Waals surface area contributed by atoms with E-state index in [1.165, 1.54) is 11.3 Å². The summed E-state index contributed by atoms with van der Waals surface area (Å²) >= 11 is 2.50. The summed E-state index contributed by atoms with van der Waals surface area (Å²) in [5, 5.41) is 21.3. The Balaban J connectivity index is 2.10. The minimum atomic E-state index is -0.861. The summed E-state index contributed by atoms with van der Waals surface area (Å²) in [6, 6.07) is 1.84. The molecule has 0 saturated carbocycles. The Morgan fingerprint density at radius 2 is 2.44 bits per heavy atom. The molecule has 0 aliphatic carbocycles. The van der Waals surface area contributed by atoms with Gasteiger partial charge in [-0.1, -0.05) is 23.1 Å². The van der Waals surface area contributed by atoms with Gasteiger partial charge in [0.1, 0.15) is 5.69 Å². The smallest absolute Gasteiger partial charge is 0.313 e. The number of nitrogens with zero attached hydrogens (tertiary/aromatic N) is 4. The molecule has 0 spiro atoms. The number of aromatic nitrogens is 4. The van der Waals surface area contributed by atoms with Gasteiger partial charge in [-0.05, 0) is 6.07 Å². The molecule has 0 saturated heterocycles. The van der Waals surface area contributed by atoms with Crippen molar-refractivity contribution in [3.05, 3.63) is 12.3 Å². The third kappa shape index (κ3) is 2.58. The Morgan fingerprint density at radius 1 is 1.62 bits per heavy atom. The first kappa shape index (κ1) is 11.1. The number of thioether (sulfide) groups is 1. The van der Waals surface area contributed by atoms with Gasteiger partial charge in [-0.3, -0.25) is 9.48 Å². The largest absolute Gasteiger partial charge is 0.481 e. The van der Waals surface area contributed by atoms with Crippen molar-refractivity contribution in [2.45, 2.75) is 4.34 Å². The van der Waals surface area contributed by atoms with Crippen molar-refractivity contribution in [3.63, 3.8) is 0 Å². The molecule has 6 nitrogen and oxygen atoms in total. The molecule has 0 atom stereocenters. The SMILES string of the molecule is Cn1ccc(-c2nnc(SCC(=O)O)s2)n1. The van der Waals surface area contributed by atoms with Crippen molar-refractivity contribution < 1.29 is 9.90 Å². The summed E-state index contributed by atoms with van der Waals surface area (Å²) in [4.78, 5) is 10.4. The number of rotatable bonds is 4. The van der Waals surface area contributed by atoms with Gasteiger partial charge < -0.3 is 5.11 Å². The van der Waals surface area contributed by atoms with Crippen LogP contribution >= 0.6 is 23.1 Å². The molecule has 8 heteroatoms. The number of aliphatic carboxylic acids is 1. The Morgan fingerprint density at radius 3 is 3.06 bits per heavy atom. The van der Waals surface area contributed by atoms with Crippen LogP contribution in [0.4, 0.5) is 0 Å². The molecule has 2 aromatic rings. The molecule has 0 fully saturated rings. The van der Waals surface area contributed by atoms with Gasteiger partial charge in [0.25, 0.3) is 0 Å². The van der Waals surface area contributed by atoms with Gasteiger partial charge in [-0.2, -0.15) is 5.10 Å². The predicted molar refractivity (Wildman–Crippen MR) is 60.5 cm³/mol. The lowest BCUT2D eigenvalue weighted by atomic mass is 10.5. The first-order valence-electron chi connectivity index (χ1n) is 4.33. The minimum absolute atomic E-state index is 0.00312. The van der Waals surface area contributed by atoms with Gasteiger partial charge in [0.15, 0.2) is 9.35 Å². The van der Waals surface area contributed by atoms with E-state index >= 15 is 0 Å². The summed E-state index contributed by atoms with van der Waals surface area (Å²) in [5.41, 5.74) is 0.752. The normalized spacial score (nSPS) is 10.6. The molecule has 0 radical (unpaired) electrons. The van der Waals surface area contributed by atoms with E-state index in [1.807, 2.05) is 19.3 Å². The maximum Gasteiger partial charge on any atom is 0.313 e. The lowest BCUT2D eigenvalue weighted by Crippen LogP contribution is -1.96. The van der Waals surface area contributed by atoms with Crippen molar-refractivity contribution in [1.29, 1.82) is 0 Å². The zero-order valence-corrected chi connectivity index (χ0v) is 9.96. The highest BCUT2D eigenvalue weighted by molar-refractivity contribution is 8.01. The van der Waals surface area contributed by atoms with Gasteiger partial charge in [0.05, 0.1) is 5.75 Å². The van der Waals surface area contributed by atoms with Gasteiger partial charge >= 0.3 is 5.97 Å². The Kier molecular flexibility index (Phi) is 3.20. The molecule has 1 N–H and O–H groups in total. The highest BCUT2D eigenvalue weighted by atomic mass is 32.2. The second-order valence-corrected chi connectivity index (χ2v) is 5.13. The summed E-state index contributed by atoms with van der Waals surface area (Å²) in [7, 11) is 1.82. The summed E-state index contributed by atoms with van der Waals surface area (Å²) < 4.78 is 2.32. The summed E-state index contributed by atoms with van der Waals surface area (Å²) in [6.45, 7) is 0. The van der Waals surface area contributed by atoms with Crippen LogP contribution in [0.15, 0.2) is 16.6 Å². The first-order chi connectivity index (χ1) is 7.65. The average Bonchev–Trinajstić information content (AvgIpc) is 2.83. The lowest BCUT2D eigenvalue weighted by Gasteiger charge is -1.88. The lowest BCUT2D eigenvalue weighted by molar-refractivity contribution is -0.133. The van der Waals surface area contributed by atoms with Crippen LogP contribution in [0.1, 0.15) is 0 Å². The standard InChI is InChI=1S/C8H8N4O2S2/c1-12-3-2-5(11-12)7-9-10-8(16-7)15-4-6(13)14/h2-3H,4H2,1H3,(H,13,14).